The largest absolute Gasteiger partial charge is 0.356 e. The third-order valence-corrected chi connectivity index (χ3v) is 3.23. The molecule has 0 bridgehead atoms. The summed E-state index contributed by atoms with van der Waals surface area (Å²) in [5.74, 6) is 1.07. The summed E-state index contributed by atoms with van der Waals surface area (Å²) in [5, 5.41) is 1.16. The van der Waals surface area contributed by atoms with Crippen molar-refractivity contribution in [2.45, 2.75) is 33.6 Å². The molecule has 4 heteroatoms. The first kappa shape index (κ1) is 15.7. The van der Waals surface area contributed by atoms with E-state index in [-0.39, 0.29) is 12.4 Å². The maximum Gasteiger partial charge on any atom is 0.139 e. The molecular formula is C15H22ClN3. The Morgan fingerprint density at radius 3 is 2.63 bits per heavy atom. The Labute approximate surface area is 121 Å². The van der Waals surface area contributed by atoms with Crippen LogP contribution in [-0.2, 0) is 0 Å². The average molecular weight is 280 g/mol. The van der Waals surface area contributed by atoms with Crippen molar-refractivity contribution in [1.82, 2.24) is 9.97 Å². The third kappa shape index (κ3) is 3.57. The van der Waals surface area contributed by atoms with E-state index in [0.29, 0.717) is 0 Å². The van der Waals surface area contributed by atoms with Gasteiger partial charge in [0.2, 0.25) is 0 Å². The summed E-state index contributed by atoms with van der Waals surface area (Å²) in [6.45, 7) is 8.56. The van der Waals surface area contributed by atoms with E-state index in [4.69, 9.17) is 0 Å². The zero-order valence-corrected chi connectivity index (χ0v) is 12.7. The van der Waals surface area contributed by atoms with Crippen molar-refractivity contribution >= 4 is 29.1 Å². The lowest BCUT2D eigenvalue weighted by Crippen LogP contribution is -2.25. The number of aryl methyl sites for hydroxylation is 1. The molecule has 0 aliphatic carbocycles. The molecule has 0 fully saturated rings. The van der Waals surface area contributed by atoms with Gasteiger partial charge >= 0.3 is 0 Å². The van der Waals surface area contributed by atoms with Gasteiger partial charge in [-0.1, -0.05) is 25.0 Å². The molecule has 1 aromatic carbocycles. The summed E-state index contributed by atoms with van der Waals surface area (Å²) in [7, 11) is 0. The summed E-state index contributed by atoms with van der Waals surface area (Å²) in [4.78, 5) is 11.2. The van der Waals surface area contributed by atoms with Crippen LogP contribution in [0.3, 0.4) is 0 Å². The number of hydrogen-bond donors (Lipinski definition) is 0. The van der Waals surface area contributed by atoms with E-state index >= 15 is 0 Å². The lowest BCUT2D eigenvalue weighted by molar-refractivity contribution is 0.726. The van der Waals surface area contributed by atoms with E-state index in [0.717, 1.165) is 29.8 Å². The van der Waals surface area contributed by atoms with Crippen LogP contribution in [0.15, 0.2) is 24.5 Å². The van der Waals surface area contributed by atoms with Crippen LogP contribution in [0.1, 0.15) is 32.3 Å². The Morgan fingerprint density at radius 1 is 1.16 bits per heavy atom. The molecular weight excluding hydrogens is 258 g/mol. The number of fused-ring (bicyclic) bond motifs is 1. The molecule has 1 aromatic heterocycles. The standard InChI is InChI=1S/C15H21N3.ClH/c1-4-6-9-18(5-2)15-13-10-12(3)7-8-14(13)16-11-17-15;/h7-8,10-11H,4-6,9H2,1-3H3;1H. The van der Waals surface area contributed by atoms with Crippen LogP contribution in [0.25, 0.3) is 10.9 Å². The van der Waals surface area contributed by atoms with Gasteiger partial charge < -0.3 is 4.90 Å². The predicted molar refractivity (Wildman–Crippen MR) is 84.3 cm³/mol. The van der Waals surface area contributed by atoms with Gasteiger partial charge in [-0.3, -0.25) is 0 Å². The second-order valence-electron chi connectivity index (χ2n) is 4.65. The Bertz CT molecular complexity index is 528. The van der Waals surface area contributed by atoms with Crippen LogP contribution < -0.4 is 4.90 Å². The van der Waals surface area contributed by atoms with Gasteiger partial charge in [0.05, 0.1) is 5.52 Å². The number of nitrogens with zero attached hydrogens (tertiary/aromatic N) is 3. The number of benzene rings is 1. The van der Waals surface area contributed by atoms with Crippen molar-refractivity contribution < 1.29 is 0 Å². The zero-order chi connectivity index (χ0) is 13.0. The highest BCUT2D eigenvalue weighted by molar-refractivity contribution is 5.89. The average Bonchev–Trinajstić information content (AvgIpc) is 2.40. The van der Waals surface area contributed by atoms with Crippen LogP contribution in [0.5, 0.6) is 0 Å². The molecule has 2 aromatic rings. The van der Waals surface area contributed by atoms with Crippen LogP contribution in [-0.4, -0.2) is 23.1 Å². The van der Waals surface area contributed by atoms with E-state index in [1.165, 1.54) is 18.4 Å². The summed E-state index contributed by atoms with van der Waals surface area (Å²) >= 11 is 0. The van der Waals surface area contributed by atoms with Crippen molar-refractivity contribution in [2.75, 3.05) is 18.0 Å². The van der Waals surface area contributed by atoms with Crippen LogP contribution in [0, 0.1) is 6.92 Å². The molecule has 104 valence electrons. The highest BCUT2D eigenvalue weighted by atomic mass is 35.5. The SMILES string of the molecule is CCCCN(CC)c1ncnc2ccc(C)cc12.Cl. The minimum Gasteiger partial charge on any atom is -0.356 e. The smallest absolute Gasteiger partial charge is 0.139 e. The second kappa shape index (κ2) is 7.29. The molecule has 0 radical (unpaired) electrons. The molecule has 0 aliphatic rings. The van der Waals surface area contributed by atoms with Gasteiger partial charge in [0, 0.05) is 18.5 Å². The van der Waals surface area contributed by atoms with Crippen molar-refractivity contribution in [3.8, 4) is 0 Å². The Balaban J connectivity index is 0.00000180. The predicted octanol–water partition coefficient (Wildman–Crippen LogP) is 3.99. The minimum atomic E-state index is 0. The quantitative estimate of drug-likeness (QED) is 0.829. The van der Waals surface area contributed by atoms with E-state index < -0.39 is 0 Å². The fraction of sp³-hybridized carbons (Fsp3) is 0.467. The Kier molecular flexibility index (Phi) is 6.03. The van der Waals surface area contributed by atoms with E-state index in [9.17, 15) is 0 Å². The van der Waals surface area contributed by atoms with Crippen LogP contribution >= 0.6 is 12.4 Å². The molecule has 1 heterocycles. The molecule has 2 rings (SSSR count). The number of unbranched alkanes of at least 4 members (excludes halogenated alkanes) is 1. The summed E-state index contributed by atoms with van der Waals surface area (Å²) in [6, 6.07) is 6.35. The maximum atomic E-state index is 4.49. The molecule has 0 atom stereocenters. The number of aromatic nitrogens is 2. The van der Waals surface area contributed by atoms with E-state index in [2.05, 4.69) is 53.8 Å². The molecule has 0 saturated carbocycles. The van der Waals surface area contributed by atoms with Gasteiger partial charge in [-0.25, -0.2) is 9.97 Å². The minimum absolute atomic E-state index is 0. The van der Waals surface area contributed by atoms with E-state index in [1.54, 1.807) is 6.33 Å². The van der Waals surface area contributed by atoms with E-state index in [1.807, 2.05) is 0 Å². The normalized spacial score (nSPS) is 10.3. The molecule has 0 unspecified atom stereocenters. The highest BCUT2D eigenvalue weighted by Gasteiger charge is 2.10. The number of hydrogen-bond acceptors (Lipinski definition) is 3. The van der Waals surface area contributed by atoms with Gasteiger partial charge in [0.1, 0.15) is 12.1 Å². The second-order valence-corrected chi connectivity index (χ2v) is 4.65. The molecule has 0 spiro atoms. The van der Waals surface area contributed by atoms with Gasteiger partial charge in [0.15, 0.2) is 0 Å². The maximum absolute atomic E-state index is 4.49. The topological polar surface area (TPSA) is 29.0 Å². The first-order chi connectivity index (χ1) is 8.76. The number of halogens is 1. The molecule has 0 aliphatic heterocycles. The van der Waals surface area contributed by atoms with Crippen LogP contribution in [0.2, 0.25) is 0 Å². The molecule has 0 N–H and O–H groups in total. The van der Waals surface area contributed by atoms with Crippen molar-refractivity contribution in [3.05, 3.63) is 30.1 Å². The van der Waals surface area contributed by atoms with Crippen molar-refractivity contribution in [1.29, 1.82) is 0 Å². The fourth-order valence-electron chi connectivity index (χ4n) is 2.17. The van der Waals surface area contributed by atoms with Gasteiger partial charge in [-0.15, -0.1) is 12.4 Å². The summed E-state index contributed by atoms with van der Waals surface area (Å²) in [6.07, 6.45) is 4.07. The summed E-state index contributed by atoms with van der Waals surface area (Å²) < 4.78 is 0. The van der Waals surface area contributed by atoms with Gasteiger partial charge in [0.25, 0.3) is 0 Å². The van der Waals surface area contributed by atoms with Gasteiger partial charge in [-0.05, 0) is 32.4 Å². The molecule has 3 nitrogen and oxygen atoms in total. The van der Waals surface area contributed by atoms with Gasteiger partial charge in [-0.2, -0.15) is 0 Å². The summed E-state index contributed by atoms with van der Waals surface area (Å²) in [5.41, 5.74) is 2.28. The Hall–Kier alpha value is -1.35. The lowest BCUT2D eigenvalue weighted by atomic mass is 10.1. The zero-order valence-electron chi connectivity index (χ0n) is 11.9. The van der Waals surface area contributed by atoms with Crippen molar-refractivity contribution in [2.24, 2.45) is 0 Å². The van der Waals surface area contributed by atoms with Crippen molar-refractivity contribution in [3.63, 3.8) is 0 Å². The molecule has 0 amide bonds. The number of anilines is 1. The van der Waals surface area contributed by atoms with Crippen LogP contribution in [0.4, 0.5) is 5.82 Å². The lowest BCUT2D eigenvalue weighted by Gasteiger charge is -2.22. The molecule has 0 saturated heterocycles. The monoisotopic (exact) mass is 279 g/mol. The first-order valence-electron chi connectivity index (χ1n) is 6.72. The first-order valence-corrected chi connectivity index (χ1v) is 6.72. The fourth-order valence-corrected chi connectivity index (χ4v) is 2.17. The number of rotatable bonds is 5. The molecule has 19 heavy (non-hydrogen) atoms. The highest BCUT2D eigenvalue weighted by Crippen LogP contribution is 2.24. The third-order valence-electron chi connectivity index (χ3n) is 3.23. The Morgan fingerprint density at radius 2 is 1.95 bits per heavy atom.